The average Bonchev–Trinajstić information content (AvgIpc) is 2.67. The maximum absolute atomic E-state index is 12.8. The summed E-state index contributed by atoms with van der Waals surface area (Å²) in [7, 11) is 0. The van der Waals surface area contributed by atoms with Crippen LogP contribution in [0.4, 0.5) is 10.5 Å². The molecule has 0 spiro atoms. The van der Waals surface area contributed by atoms with Crippen LogP contribution in [-0.4, -0.2) is 48.4 Å². The predicted molar refractivity (Wildman–Crippen MR) is 101 cm³/mol. The summed E-state index contributed by atoms with van der Waals surface area (Å²) in [5.41, 5.74) is 1.28. The van der Waals surface area contributed by atoms with E-state index < -0.39 is 17.8 Å². The second-order valence-electron chi connectivity index (χ2n) is 6.84. The Morgan fingerprint density at radius 2 is 1.82 bits per heavy atom. The maximum Gasteiger partial charge on any atom is 0.335 e. The van der Waals surface area contributed by atoms with Gasteiger partial charge in [-0.25, -0.2) is 9.69 Å². The number of benzene rings is 1. The first-order chi connectivity index (χ1) is 13.4. The van der Waals surface area contributed by atoms with Gasteiger partial charge >= 0.3 is 12.0 Å². The number of aryl methyl sites for hydroxylation is 1. The minimum Gasteiger partial charge on any atom is -0.466 e. The molecule has 1 aromatic carbocycles. The summed E-state index contributed by atoms with van der Waals surface area (Å²) >= 11 is 0. The molecule has 1 N–H and O–H groups in total. The fourth-order valence-electron chi connectivity index (χ4n) is 3.28. The van der Waals surface area contributed by atoms with Gasteiger partial charge in [-0.15, -0.1) is 0 Å². The lowest BCUT2D eigenvalue weighted by Gasteiger charge is -2.32. The topological polar surface area (TPSA) is 96.0 Å². The van der Waals surface area contributed by atoms with Gasteiger partial charge in [0.25, 0.3) is 11.8 Å². The number of piperidine rings is 1. The molecule has 0 aliphatic carbocycles. The second-order valence-corrected chi connectivity index (χ2v) is 6.84. The molecule has 0 radical (unpaired) electrons. The average molecular weight is 385 g/mol. The molecule has 1 aromatic rings. The van der Waals surface area contributed by atoms with E-state index in [9.17, 15) is 19.2 Å². The first-order valence-corrected chi connectivity index (χ1v) is 9.29. The number of carbonyl (C=O) groups is 4. The van der Waals surface area contributed by atoms with Crippen LogP contribution in [-0.2, 0) is 19.1 Å². The molecule has 0 aromatic heterocycles. The summed E-state index contributed by atoms with van der Waals surface area (Å²) in [6.45, 7) is 5.06. The van der Waals surface area contributed by atoms with Crippen LogP contribution in [0.15, 0.2) is 36.0 Å². The maximum atomic E-state index is 12.8. The van der Waals surface area contributed by atoms with Gasteiger partial charge in [-0.2, -0.15) is 0 Å². The lowest BCUT2D eigenvalue weighted by molar-refractivity contribution is -0.149. The molecule has 3 rings (SSSR count). The van der Waals surface area contributed by atoms with E-state index in [-0.39, 0.29) is 17.5 Å². The van der Waals surface area contributed by atoms with Crippen LogP contribution in [0, 0.1) is 12.8 Å². The van der Waals surface area contributed by atoms with E-state index in [0.717, 1.165) is 10.5 Å². The number of amides is 4. The molecule has 2 fully saturated rings. The number of ether oxygens (including phenoxy) is 1. The zero-order valence-corrected chi connectivity index (χ0v) is 15.9. The number of esters is 1. The van der Waals surface area contributed by atoms with Gasteiger partial charge in [0, 0.05) is 19.3 Å². The van der Waals surface area contributed by atoms with E-state index in [1.807, 2.05) is 11.8 Å². The molecule has 2 saturated heterocycles. The summed E-state index contributed by atoms with van der Waals surface area (Å²) in [4.78, 5) is 51.9. The first kappa shape index (κ1) is 19.6. The lowest BCUT2D eigenvalue weighted by atomic mass is 9.97. The minimum absolute atomic E-state index is 0.102. The monoisotopic (exact) mass is 385 g/mol. The molecule has 2 heterocycles. The fraction of sp³-hybridized carbons (Fsp3) is 0.400. The van der Waals surface area contributed by atoms with Gasteiger partial charge in [-0.3, -0.25) is 19.7 Å². The van der Waals surface area contributed by atoms with Crippen LogP contribution < -0.4 is 10.2 Å². The zero-order chi connectivity index (χ0) is 20.3. The SMILES string of the molecule is CCOC(=O)C1CCN(/C=C2\C(=O)NC(=O)N(c3ccc(C)cc3)C2=O)CC1. The highest BCUT2D eigenvalue weighted by atomic mass is 16.5. The molecule has 4 amide bonds. The van der Waals surface area contributed by atoms with Gasteiger partial charge in [0.05, 0.1) is 18.2 Å². The molecule has 0 saturated carbocycles. The highest BCUT2D eigenvalue weighted by Gasteiger charge is 2.37. The smallest absolute Gasteiger partial charge is 0.335 e. The molecule has 0 bridgehead atoms. The second kappa shape index (κ2) is 8.24. The minimum atomic E-state index is -0.767. The number of barbiturate groups is 1. The van der Waals surface area contributed by atoms with Crippen LogP contribution in [0.5, 0.6) is 0 Å². The van der Waals surface area contributed by atoms with Gasteiger partial charge in [0.1, 0.15) is 5.57 Å². The molecule has 2 aliphatic rings. The standard InChI is InChI=1S/C20H23N3O5/c1-3-28-19(26)14-8-10-22(11-9-14)12-16-17(24)21-20(27)23(18(16)25)15-6-4-13(2)5-7-15/h4-7,12,14H,3,8-11H2,1-2H3,(H,21,24,27)/b16-12+. The Bertz CT molecular complexity index is 823. The van der Waals surface area contributed by atoms with Crippen molar-refractivity contribution in [3.05, 3.63) is 41.6 Å². The van der Waals surface area contributed by atoms with Crippen molar-refractivity contribution in [3.63, 3.8) is 0 Å². The number of nitrogens with one attached hydrogen (secondary N) is 1. The van der Waals surface area contributed by atoms with Crippen molar-refractivity contribution in [1.82, 2.24) is 10.2 Å². The Hall–Kier alpha value is -3.16. The van der Waals surface area contributed by atoms with Crippen LogP contribution in [0.1, 0.15) is 25.3 Å². The first-order valence-electron chi connectivity index (χ1n) is 9.29. The summed E-state index contributed by atoms with van der Waals surface area (Å²) < 4.78 is 5.05. The van der Waals surface area contributed by atoms with Crippen molar-refractivity contribution in [2.24, 2.45) is 5.92 Å². The number of anilines is 1. The predicted octanol–water partition coefficient (Wildman–Crippen LogP) is 1.74. The molecule has 0 unspecified atom stereocenters. The van der Waals surface area contributed by atoms with Gasteiger partial charge in [0.2, 0.25) is 0 Å². The van der Waals surface area contributed by atoms with E-state index in [1.54, 1.807) is 31.2 Å². The summed E-state index contributed by atoms with van der Waals surface area (Å²) in [5, 5.41) is 2.21. The zero-order valence-electron chi connectivity index (χ0n) is 15.9. The number of imide groups is 2. The van der Waals surface area contributed by atoms with Crippen molar-refractivity contribution < 1.29 is 23.9 Å². The third-order valence-electron chi connectivity index (χ3n) is 4.86. The van der Waals surface area contributed by atoms with Gasteiger partial charge in [0.15, 0.2) is 0 Å². The summed E-state index contributed by atoms with van der Waals surface area (Å²) in [6.07, 6.45) is 2.64. The van der Waals surface area contributed by atoms with E-state index in [0.29, 0.717) is 38.2 Å². The van der Waals surface area contributed by atoms with Crippen LogP contribution in [0.25, 0.3) is 0 Å². The van der Waals surface area contributed by atoms with Crippen LogP contribution >= 0.6 is 0 Å². The van der Waals surface area contributed by atoms with Gasteiger partial charge in [-0.05, 0) is 38.8 Å². The van der Waals surface area contributed by atoms with Gasteiger partial charge in [-0.1, -0.05) is 17.7 Å². The number of urea groups is 1. The lowest BCUT2D eigenvalue weighted by Crippen LogP contribution is -2.55. The van der Waals surface area contributed by atoms with Crippen molar-refractivity contribution in [2.75, 3.05) is 24.6 Å². The Morgan fingerprint density at radius 1 is 1.18 bits per heavy atom. The van der Waals surface area contributed by atoms with Crippen molar-refractivity contribution in [1.29, 1.82) is 0 Å². The molecule has 2 aliphatic heterocycles. The highest BCUT2D eigenvalue weighted by Crippen LogP contribution is 2.23. The van der Waals surface area contributed by atoms with E-state index in [2.05, 4.69) is 5.32 Å². The Labute approximate surface area is 163 Å². The van der Waals surface area contributed by atoms with Crippen LogP contribution in [0.2, 0.25) is 0 Å². The molecule has 8 heteroatoms. The molecule has 148 valence electrons. The largest absolute Gasteiger partial charge is 0.466 e. The van der Waals surface area contributed by atoms with Crippen molar-refractivity contribution in [2.45, 2.75) is 26.7 Å². The third kappa shape index (κ3) is 4.05. The quantitative estimate of drug-likeness (QED) is 0.482. The van der Waals surface area contributed by atoms with E-state index in [4.69, 9.17) is 4.74 Å². The number of rotatable bonds is 4. The molecule has 28 heavy (non-hydrogen) atoms. The molecular formula is C20H23N3O5. The number of hydrogen-bond acceptors (Lipinski definition) is 6. The normalized spacial score (nSPS) is 19.8. The molecular weight excluding hydrogens is 362 g/mol. The highest BCUT2D eigenvalue weighted by molar-refractivity contribution is 6.37. The fourth-order valence-corrected chi connectivity index (χ4v) is 3.28. The van der Waals surface area contributed by atoms with Crippen molar-refractivity contribution >= 4 is 29.5 Å². The number of hydrogen-bond donors (Lipinski definition) is 1. The van der Waals surface area contributed by atoms with E-state index >= 15 is 0 Å². The van der Waals surface area contributed by atoms with Crippen molar-refractivity contribution in [3.8, 4) is 0 Å². The summed E-state index contributed by atoms with van der Waals surface area (Å²) in [6, 6.07) is 6.12. The number of likely N-dealkylation sites (tertiary alicyclic amines) is 1. The number of carbonyl (C=O) groups excluding carboxylic acids is 4. The Kier molecular flexibility index (Phi) is 5.77. The van der Waals surface area contributed by atoms with Crippen LogP contribution in [0.3, 0.4) is 0 Å². The Morgan fingerprint density at radius 3 is 2.43 bits per heavy atom. The molecule has 0 atom stereocenters. The summed E-state index contributed by atoms with van der Waals surface area (Å²) in [5.74, 6) is -1.76. The third-order valence-corrected chi connectivity index (χ3v) is 4.86. The Balaban J connectivity index is 1.75. The van der Waals surface area contributed by atoms with Gasteiger partial charge < -0.3 is 9.64 Å². The number of nitrogens with zero attached hydrogens (tertiary/aromatic N) is 2. The van der Waals surface area contributed by atoms with E-state index in [1.165, 1.54) is 6.20 Å². The molecule has 8 nitrogen and oxygen atoms in total.